The number of rotatable bonds is 4. The largest absolute Gasteiger partial charge is 0.389 e. The van der Waals surface area contributed by atoms with Crippen LogP contribution in [0.25, 0.3) is 0 Å². The number of nitrogens with zero attached hydrogens (tertiary/aromatic N) is 2. The van der Waals surface area contributed by atoms with E-state index in [0.717, 1.165) is 45.4 Å². The molecule has 8 heteroatoms. The molecule has 4 aliphatic heterocycles. The smallest absolute Gasteiger partial charge is 0.225 e. The maximum absolute atomic E-state index is 12.6. The highest BCUT2D eigenvalue weighted by atomic mass is 16.5. The first-order chi connectivity index (χ1) is 14.2. The number of hydrogen-bond acceptors (Lipinski definition) is 7. The average molecular weight is 413 g/mol. The predicted octanol–water partition coefficient (Wildman–Crippen LogP) is 0.271. The number of fused-ring (bicyclic) bond motifs is 1. The lowest BCUT2D eigenvalue weighted by Crippen LogP contribution is -2.57. The standard InChI is InChI=1S/C21H36N2O6/c24-17-13-23(12-16-3-7-26-8-4-16)19-2-1-18(29-20(19)15-28-14-17)11-21(25)22-5-9-27-10-6-22/h16-20,24H,1-15H2/t17-,18+,19-,20+/m1/s1. The Balaban J connectivity index is 1.35. The van der Waals surface area contributed by atoms with Crippen molar-refractivity contribution >= 4 is 5.91 Å². The Morgan fingerprint density at radius 3 is 2.48 bits per heavy atom. The molecule has 0 aromatic heterocycles. The first-order valence-corrected chi connectivity index (χ1v) is 11.3. The Hall–Kier alpha value is -0.770. The van der Waals surface area contributed by atoms with Crippen LogP contribution >= 0.6 is 0 Å². The third-order valence-electron chi connectivity index (χ3n) is 6.69. The molecule has 0 unspecified atom stereocenters. The monoisotopic (exact) mass is 412 g/mol. The third kappa shape index (κ3) is 5.89. The Bertz CT molecular complexity index is 523. The maximum atomic E-state index is 12.6. The summed E-state index contributed by atoms with van der Waals surface area (Å²) in [4.78, 5) is 16.9. The van der Waals surface area contributed by atoms with E-state index < -0.39 is 6.10 Å². The van der Waals surface area contributed by atoms with Gasteiger partial charge < -0.3 is 29.0 Å². The summed E-state index contributed by atoms with van der Waals surface area (Å²) in [6, 6.07) is 0.238. The summed E-state index contributed by atoms with van der Waals surface area (Å²) < 4.78 is 23.0. The molecule has 29 heavy (non-hydrogen) atoms. The molecule has 8 nitrogen and oxygen atoms in total. The molecular formula is C21H36N2O6. The van der Waals surface area contributed by atoms with Gasteiger partial charge in [0.2, 0.25) is 5.91 Å². The van der Waals surface area contributed by atoms with Gasteiger partial charge in [-0.2, -0.15) is 0 Å². The average Bonchev–Trinajstić information content (AvgIpc) is 2.74. The fourth-order valence-electron chi connectivity index (χ4n) is 5.05. The number of ether oxygens (including phenoxy) is 4. The molecule has 0 aromatic rings. The highest BCUT2D eigenvalue weighted by molar-refractivity contribution is 5.76. The van der Waals surface area contributed by atoms with Crippen LogP contribution in [0.3, 0.4) is 0 Å². The van der Waals surface area contributed by atoms with E-state index in [9.17, 15) is 9.90 Å². The van der Waals surface area contributed by atoms with Crippen molar-refractivity contribution in [1.82, 2.24) is 9.80 Å². The van der Waals surface area contributed by atoms with Gasteiger partial charge in [-0.15, -0.1) is 0 Å². The predicted molar refractivity (Wildman–Crippen MR) is 106 cm³/mol. The molecule has 0 radical (unpaired) electrons. The maximum Gasteiger partial charge on any atom is 0.225 e. The zero-order valence-electron chi connectivity index (χ0n) is 17.4. The molecular weight excluding hydrogens is 376 g/mol. The van der Waals surface area contributed by atoms with Gasteiger partial charge in [0.05, 0.1) is 51.2 Å². The van der Waals surface area contributed by atoms with Crippen LogP contribution in [0.2, 0.25) is 0 Å². The van der Waals surface area contributed by atoms with E-state index in [-0.39, 0.29) is 24.2 Å². The number of carbonyl (C=O) groups is 1. The molecule has 1 amide bonds. The molecule has 4 aliphatic rings. The normalized spacial score (nSPS) is 35.6. The van der Waals surface area contributed by atoms with E-state index in [1.807, 2.05) is 4.90 Å². The first kappa shape index (κ1) is 21.5. The summed E-state index contributed by atoms with van der Waals surface area (Å²) in [5.74, 6) is 0.774. The lowest BCUT2D eigenvalue weighted by atomic mass is 9.92. The zero-order chi connectivity index (χ0) is 20.1. The van der Waals surface area contributed by atoms with Gasteiger partial charge in [0.1, 0.15) is 0 Å². The van der Waals surface area contributed by atoms with Crippen LogP contribution in [0, 0.1) is 5.92 Å². The quantitative estimate of drug-likeness (QED) is 0.710. The molecule has 4 saturated heterocycles. The van der Waals surface area contributed by atoms with Crippen LogP contribution in [-0.4, -0.2) is 111 Å². The number of carbonyl (C=O) groups excluding carboxylic acids is 1. The van der Waals surface area contributed by atoms with Crippen LogP contribution in [0.4, 0.5) is 0 Å². The number of morpholine rings is 1. The lowest BCUT2D eigenvalue weighted by Gasteiger charge is -2.46. The van der Waals surface area contributed by atoms with Crippen molar-refractivity contribution in [1.29, 1.82) is 0 Å². The van der Waals surface area contributed by atoms with Gasteiger partial charge in [0, 0.05) is 45.4 Å². The number of β-amino-alcohol motifs (C(OH)–C–C–N with tert-alkyl or cyclic N) is 1. The Kier molecular flexibility index (Phi) is 7.77. The fraction of sp³-hybridized carbons (Fsp3) is 0.952. The van der Waals surface area contributed by atoms with Gasteiger partial charge in [0.15, 0.2) is 0 Å². The van der Waals surface area contributed by atoms with E-state index in [0.29, 0.717) is 58.4 Å². The Morgan fingerprint density at radius 2 is 1.69 bits per heavy atom. The van der Waals surface area contributed by atoms with Crippen LogP contribution < -0.4 is 0 Å². The molecule has 0 aromatic carbocycles. The van der Waals surface area contributed by atoms with Crippen molar-refractivity contribution in [3.8, 4) is 0 Å². The molecule has 1 N–H and O–H groups in total. The molecule has 0 saturated carbocycles. The van der Waals surface area contributed by atoms with E-state index in [2.05, 4.69) is 4.90 Å². The highest BCUT2D eigenvalue weighted by Gasteiger charge is 2.39. The minimum atomic E-state index is -0.462. The van der Waals surface area contributed by atoms with E-state index >= 15 is 0 Å². The minimum absolute atomic E-state index is 0.0430. The SMILES string of the molecule is O=C(C[C@@H]1CC[C@@H]2[C@H](COC[C@H](O)CN2CC2CCOCC2)O1)N1CCOCC1. The van der Waals surface area contributed by atoms with Crippen LogP contribution in [0.5, 0.6) is 0 Å². The molecule has 4 heterocycles. The number of amides is 1. The molecule has 4 atom stereocenters. The van der Waals surface area contributed by atoms with Crippen molar-refractivity contribution in [2.45, 2.75) is 56.5 Å². The second-order valence-corrected chi connectivity index (χ2v) is 8.84. The Labute approximate surface area is 173 Å². The van der Waals surface area contributed by atoms with Crippen molar-refractivity contribution in [2.24, 2.45) is 5.92 Å². The summed E-state index contributed by atoms with van der Waals surface area (Å²) in [5.41, 5.74) is 0. The first-order valence-electron chi connectivity index (χ1n) is 11.3. The summed E-state index contributed by atoms with van der Waals surface area (Å²) in [5, 5.41) is 10.3. The van der Waals surface area contributed by atoms with E-state index in [1.165, 1.54) is 0 Å². The minimum Gasteiger partial charge on any atom is -0.389 e. The van der Waals surface area contributed by atoms with Crippen molar-refractivity contribution in [3.05, 3.63) is 0 Å². The van der Waals surface area contributed by atoms with Gasteiger partial charge in [0.25, 0.3) is 0 Å². The fourth-order valence-corrected chi connectivity index (χ4v) is 5.05. The molecule has 0 aliphatic carbocycles. The molecule has 4 rings (SSSR count). The third-order valence-corrected chi connectivity index (χ3v) is 6.69. The van der Waals surface area contributed by atoms with Gasteiger partial charge >= 0.3 is 0 Å². The highest BCUT2D eigenvalue weighted by Crippen LogP contribution is 2.29. The second-order valence-electron chi connectivity index (χ2n) is 8.84. The van der Waals surface area contributed by atoms with Crippen LogP contribution in [-0.2, 0) is 23.7 Å². The Morgan fingerprint density at radius 1 is 0.931 bits per heavy atom. The van der Waals surface area contributed by atoms with Crippen LogP contribution in [0.15, 0.2) is 0 Å². The van der Waals surface area contributed by atoms with E-state index in [4.69, 9.17) is 18.9 Å². The number of aliphatic hydroxyl groups excluding tert-OH is 1. The van der Waals surface area contributed by atoms with E-state index in [1.54, 1.807) is 0 Å². The number of aliphatic hydroxyl groups is 1. The van der Waals surface area contributed by atoms with Gasteiger partial charge in [-0.25, -0.2) is 0 Å². The molecule has 0 spiro atoms. The summed E-state index contributed by atoms with van der Waals surface area (Å²) in [7, 11) is 0. The van der Waals surface area contributed by atoms with Crippen molar-refractivity contribution < 1.29 is 28.8 Å². The number of hydrogen-bond donors (Lipinski definition) is 1. The molecule has 4 fully saturated rings. The zero-order valence-corrected chi connectivity index (χ0v) is 17.4. The second kappa shape index (κ2) is 10.5. The van der Waals surface area contributed by atoms with Gasteiger partial charge in [-0.1, -0.05) is 0 Å². The van der Waals surface area contributed by atoms with Gasteiger partial charge in [-0.05, 0) is 31.6 Å². The lowest BCUT2D eigenvalue weighted by molar-refractivity contribution is -0.163. The van der Waals surface area contributed by atoms with Gasteiger partial charge in [-0.3, -0.25) is 9.69 Å². The molecule has 166 valence electrons. The molecule has 0 bridgehead atoms. The van der Waals surface area contributed by atoms with Crippen LogP contribution in [0.1, 0.15) is 32.1 Å². The topological polar surface area (TPSA) is 80.7 Å². The summed E-state index contributed by atoms with van der Waals surface area (Å²) >= 11 is 0. The summed E-state index contributed by atoms with van der Waals surface area (Å²) in [6.07, 6.45) is 3.89. The van der Waals surface area contributed by atoms with Crippen molar-refractivity contribution in [2.75, 3.05) is 65.8 Å². The van der Waals surface area contributed by atoms with Crippen molar-refractivity contribution in [3.63, 3.8) is 0 Å². The summed E-state index contributed by atoms with van der Waals surface area (Å²) in [6.45, 7) is 6.69.